The largest absolute Gasteiger partial charge is 0.379 e. The van der Waals surface area contributed by atoms with E-state index in [4.69, 9.17) is 9.47 Å². The van der Waals surface area contributed by atoms with E-state index >= 15 is 0 Å². The van der Waals surface area contributed by atoms with E-state index < -0.39 is 0 Å². The summed E-state index contributed by atoms with van der Waals surface area (Å²) in [6.45, 7) is 4.12. The Morgan fingerprint density at radius 3 is 2.78 bits per heavy atom. The predicted octanol–water partition coefficient (Wildman–Crippen LogP) is 1.09. The lowest BCUT2D eigenvalue weighted by molar-refractivity contribution is -0.135. The van der Waals surface area contributed by atoms with Gasteiger partial charge in [0.15, 0.2) is 0 Å². The van der Waals surface area contributed by atoms with Crippen LogP contribution in [-0.4, -0.2) is 49.3 Å². The molecular weight excluding hydrogens is 232 g/mol. The molecule has 1 aromatic rings. The number of nitrogens with zero attached hydrogens (tertiary/aromatic N) is 2. The normalized spacial score (nSPS) is 10.3. The molecule has 0 spiro atoms. The minimum atomic E-state index is -0.0582. The van der Waals surface area contributed by atoms with Crippen LogP contribution >= 0.6 is 0 Å². The lowest BCUT2D eigenvalue weighted by atomic mass is 10.3. The topological polar surface area (TPSA) is 51.7 Å². The molecule has 0 aliphatic carbocycles. The van der Waals surface area contributed by atoms with Gasteiger partial charge >= 0.3 is 0 Å². The Kier molecular flexibility index (Phi) is 6.98. The molecule has 0 saturated carbocycles. The lowest BCUT2D eigenvalue weighted by Crippen LogP contribution is -2.30. The Balaban J connectivity index is 2.21. The van der Waals surface area contributed by atoms with Crippen LogP contribution in [0.3, 0.4) is 0 Å². The maximum atomic E-state index is 11.7. The van der Waals surface area contributed by atoms with Crippen LogP contribution in [-0.2, 0) is 20.8 Å². The van der Waals surface area contributed by atoms with Gasteiger partial charge in [0.2, 0.25) is 5.91 Å². The molecule has 0 atom stereocenters. The van der Waals surface area contributed by atoms with E-state index in [1.54, 1.807) is 18.1 Å². The summed E-state index contributed by atoms with van der Waals surface area (Å²) >= 11 is 0. The van der Waals surface area contributed by atoms with Gasteiger partial charge < -0.3 is 14.4 Å². The maximum Gasteiger partial charge on any atom is 0.248 e. The fourth-order valence-corrected chi connectivity index (χ4v) is 1.35. The van der Waals surface area contributed by atoms with Gasteiger partial charge in [-0.3, -0.25) is 9.78 Å². The smallest absolute Gasteiger partial charge is 0.248 e. The average Bonchev–Trinajstić information content (AvgIpc) is 2.39. The number of carbonyl (C=O) groups excluding carboxylic acids is 1. The molecule has 1 heterocycles. The van der Waals surface area contributed by atoms with Crippen molar-refractivity contribution in [2.24, 2.45) is 0 Å². The minimum Gasteiger partial charge on any atom is -0.379 e. The highest BCUT2D eigenvalue weighted by atomic mass is 16.5. The summed E-state index contributed by atoms with van der Waals surface area (Å²) < 4.78 is 10.3. The number of ether oxygens (including phenoxy) is 2. The summed E-state index contributed by atoms with van der Waals surface area (Å²) in [5, 5.41) is 0. The number of amides is 1. The Bertz CT molecular complexity index is 343. The van der Waals surface area contributed by atoms with E-state index in [0.29, 0.717) is 26.4 Å². The summed E-state index contributed by atoms with van der Waals surface area (Å²) in [5.74, 6) is -0.0582. The van der Waals surface area contributed by atoms with Crippen LogP contribution < -0.4 is 0 Å². The molecule has 0 bridgehead atoms. The van der Waals surface area contributed by atoms with Crippen LogP contribution in [0.4, 0.5) is 0 Å². The van der Waals surface area contributed by atoms with Gasteiger partial charge in [0.05, 0.1) is 25.5 Å². The molecular formula is C13H20N2O3. The van der Waals surface area contributed by atoms with Crippen LogP contribution in [0.25, 0.3) is 0 Å². The number of hydrogen-bond acceptors (Lipinski definition) is 4. The van der Waals surface area contributed by atoms with Crippen LogP contribution in [0.1, 0.15) is 12.6 Å². The van der Waals surface area contributed by atoms with Crippen molar-refractivity contribution in [3.05, 3.63) is 30.1 Å². The number of carbonyl (C=O) groups is 1. The Hall–Kier alpha value is -1.46. The molecule has 1 rings (SSSR count). The van der Waals surface area contributed by atoms with Crippen molar-refractivity contribution in [3.63, 3.8) is 0 Å². The molecule has 1 aromatic heterocycles. The first-order valence-electron chi connectivity index (χ1n) is 6.03. The first kappa shape index (κ1) is 14.6. The van der Waals surface area contributed by atoms with Crippen molar-refractivity contribution < 1.29 is 14.3 Å². The fourth-order valence-electron chi connectivity index (χ4n) is 1.35. The second kappa shape index (κ2) is 8.60. The molecule has 0 aliphatic rings. The van der Waals surface area contributed by atoms with Crippen molar-refractivity contribution in [1.29, 1.82) is 0 Å². The fraction of sp³-hybridized carbons (Fsp3) is 0.538. The van der Waals surface area contributed by atoms with Crippen LogP contribution in [0.15, 0.2) is 24.4 Å². The zero-order valence-electron chi connectivity index (χ0n) is 11.0. The monoisotopic (exact) mass is 252 g/mol. The van der Waals surface area contributed by atoms with E-state index in [0.717, 1.165) is 5.69 Å². The third-order valence-electron chi connectivity index (χ3n) is 2.35. The second-order valence-corrected chi connectivity index (χ2v) is 3.82. The van der Waals surface area contributed by atoms with Gasteiger partial charge in [-0.2, -0.15) is 0 Å². The van der Waals surface area contributed by atoms with Gasteiger partial charge in [0.25, 0.3) is 0 Å². The van der Waals surface area contributed by atoms with Crippen molar-refractivity contribution >= 4 is 5.91 Å². The highest BCUT2D eigenvalue weighted by Crippen LogP contribution is 1.99. The highest BCUT2D eigenvalue weighted by Gasteiger charge is 2.09. The average molecular weight is 252 g/mol. The van der Waals surface area contributed by atoms with Crippen LogP contribution in [0.2, 0.25) is 0 Å². The Morgan fingerprint density at radius 2 is 2.11 bits per heavy atom. The Labute approximate surface area is 108 Å². The summed E-state index contributed by atoms with van der Waals surface area (Å²) in [7, 11) is 1.74. The zero-order chi connectivity index (χ0) is 13.2. The first-order chi connectivity index (χ1) is 8.74. The Morgan fingerprint density at radius 1 is 1.33 bits per heavy atom. The molecule has 0 N–H and O–H groups in total. The standard InChI is InChI=1S/C13H20N2O3/c1-3-17-8-9-18-11-13(16)15(2)10-12-6-4-5-7-14-12/h4-7H,3,8-11H2,1-2H3. The van der Waals surface area contributed by atoms with E-state index in [9.17, 15) is 4.79 Å². The third-order valence-corrected chi connectivity index (χ3v) is 2.35. The molecule has 0 aliphatic heterocycles. The summed E-state index contributed by atoms with van der Waals surface area (Å²) in [5.41, 5.74) is 0.864. The van der Waals surface area contributed by atoms with Gasteiger partial charge in [0, 0.05) is 19.9 Å². The van der Waals surface area contributed by atoms with Gasteiger partial charge in [-0.1, -0.05) is 6.07 Å². The molecule has 100 valence electrons. The van der Waals surface area contributed by atoms with E-state index in [-0.39, 0.29) is 12.5 Å². The minimum absolute atomic E-state index is 0.0582. The molecule has 0 aromatic carbocycles. The summed E-state index contributed by atoms with van der Waals surface area (Å²) in [4.78, 5) is 17.5. The van der Waals surface area contributed by atoms with Crippen molar-refractivity contribution in [2.75, 3.05) is 33.5 Å². The number of likely N-dealkylation sites (N-methyl/N-ethyl adjacent to an activating group) is 1. The third kappa shape index (κ3) is 5.75. The molecule has 5 nitrogen and oxygen atoms in total. The van der Waals surface area contributed by atoms with Gasteiger partial charge in [-0.25, -0.2) is 0 Å². The number of aromatic nitrogens is 1. The first-order valence-corrected chi connectivity index (χ1v) is 6.03. The quantitative estimate of drug-likeness (QED) is 0.650. The molecule has 18 heavy (non-hydrogen) atoms. The lowest BCUT2D eigenvalue weighted by Gasteiger charge is -2.16. The number of pyridine rings is 1. The molecule has 1 amide bonds. The number of rotatable bonds is 8. The molecule has 0 fully saturated rings. The van der Waals surface area contributed by atoms with Crippen molar-refractivity contribution in [2.45, 2.75) is 13.5 Å². The predicted molar refractivity (Wildman–Crippen MR) is 68.0 cm³/mol. The van der Waals surface area contributed by atoms with Crippen LogP contribution in [0.5, 0.6) is 0 Å². The van der Waals surface area contributed by atoms with E-state index in [1.165, 1.54) is 0 Å². The van der Waals surface area contributed by atoms with E-state index in [1.807, 2.05) is 25.1 Å². The van der Waals surface area contributed by atoms with Crippen molar-refractivity contribution in [3.8, 4) is 0 Å². The molecule has 0 radical (unpaired) electrons. The van der Waals surface area contributed by atoms with Crippen molar-refractivity contribution in [1.82, 2.24) is 9.88 Å². The summed E-state index contributed by atoms with van der Waals surface area (Å²) in [6, 6.07) is 5.64. The van der Waals surface area contributed by atoms with E-state index in [2.05, 4.69) is 4.98 Å². The van der Waals surface area contributed by atoms with Gasteiger partial charge in [-0.15, -0.1) is 0 Å². The second-order valence-electron chi connectivity index (χ2n) is 3.82. The maximum absolute atomic E-state index is 11.7. The molecule has 0 saturated heterocycles. The zero-order valence-corrected chi connectivity index (χ0v) is 11.0. The van der Waals surface area contributed by atoms with Gasteiger partial charge in [0.1, 0.15) is 6.61 Å². The van der Waals surface area contributed by atoms with Crippen LogP contribution in [0, 0.1) is 0 Å². The molecule has 5 heteroatoms. The summed E-state index contributed by atoms with van der Waals surface area (Å²) in [6.07, 6.45) is 1.71. The SMILES string of the molecule is CCOCCOCC(=O)N(C)Cc1ccccn1. The number of hydrogen-bond donors (Lipinski definition) is 0. The highest BCUT2D eigenvalue weighted by molar-refractivity contribution is 5.77. The van der Waals surface area contributed by atoms with Gasteiger partial charge in [-0.05, 0) is 19.1 Å². The molecule has 0 unspecified atom stereocenters.